The Kier molecular flexibility index (Phi) is 3.49. The van der Waals surface area contributed by atoms with Crippen LogP contribution in [0.3, 0.4) is 0 Å². The van der Waals surface area contributed by atoms with Gasteiger partial charge in [-0.25, -0.2) is 0 Å². The van der Waals surface area contributed by atoms with Crippen molar-refractivity contribution in [2.24, 2.45) is 17.3 Å². The Morgan fingerprint density at radius 3 is 2.33 bits per heavy atom. The minimum absolute atomic E-state index is 0. The number of hydrogen-bond donors (Lipinski definition) is 1. The van der Waals surface area contributed by atoms with Crippen LogP contribution in [0.25, 0.3) is 0 Å². The van der Waals surface area contributed by atoms with E-state index in [4.69, 9.17) is 5.11 Å². The molecule has 2 rings (SSSR count). The molecule has 15 heavy (non-hydrogen) atoms. The van der Waals surface area contributed by atoms with Crippen LogP contribution in [0.4, 0.5) is 0 Å². The van der Waals surface area contributed by atoms with E-state index in [-0.39, 0.29) is 29.7 Å². The van der Waals surface area contributed by atoms with Crippen molar-refractivity contribution in [3.05, 3.63) is 11.6 Å². The number of hydrogen-bond acceptors (Lipinski definition) is 1. The zero-order chi connectivity index (χ0) is 10.3. The first kappa shape index (κ1) is 12.6. The van der Waals surface area contributed by atoms with Crippen molar-refractivity contribution in [1.82, 2.24) is 0 Å². The van der Waals surface area contributed by atoms with E-state index in [1.165, 1.54) is 31.3 Å². The Morgan fingerprint density at radius 1 is 1.40 bits per heavy atom. The van der Waals surface area contributed by atoms with Gasteiger partial charge in [0.25, 0.3) is 0 Å². The molecule has 0 unspecified atom stereocenters. The molecule has 0 aromatic rings. The van der Waals surface area contributed by atoms with Crippen LogP contribution in [-0.2, 0) is 4.79 Å². The Balaban J connectivity index is 0.00000112. The van der Waals surface area contributed by atoms with E-state index in [0.717, 1.165) is 0 Å². The van der Waals surface area contributed by atoms with E-state index in [0.29, 0.717) is 0 Å². The molecule has 2 saturated carbocycles. The molecule has 1 N–H and O–H groups in total. The third-order valence-electron chi connectivity index (χ3n) is 3.84. The number of rotatable bonds is 2. The van der Waals surface area contributed by atoms with Gasteiger partial charge in [0, 0.05) is 0 Å². The van der Waals surface area contributed by atoms with Crippen molar-refractivity contribution in [3.63, 3.8) is 0 Å². The highest BCUT2D eigenvalue weighted by atomic mass is 35.5. The second kappa shape index (κ2) is 4.17. The summed E-state index contributed by atoms with van der Waals surface area (Å²) in [6, 6.07) is 0. The third kappa shape index (κ3) is 2.20. The standard InChI is InChI=1S/C12H18O2.ClH/c1-12(2)9(10(12)11(13)14)7-8-5-3-4-6-8;/h7,9-10H,3-6H2,1-2H3,(H,13,14);1H/t9-,10+;/m1./s1. The van der Waals surface area contributed by atoms with Gasteiger partial charge in [0.2, 0.25) is 0 Å². The predicted molar refractivity (Wildman–Crippen MR) is 62.2 cm³/mol. The summed E-state index contributed by atoms with van der Waals surface area (Å²) in [7, 11) is 0. The number of carboxylic acids is 1. The van der Waals surface area contributed by atoms with Crippen LogP contribution in [0.2, 0.25) is 0 Å². The number of carbonyl (C=O) groups is 1. The fourth-order valence-corrected chi connectivity index (χ4v) is 2.71. The number of aliphatic carboxylic acids is 1. The SMILES string of the molecule is CC1(C)[C@H](C=C2CCCC2)[C@H]1C(=O)O.Cl. The molecular formula is C12H19ClO2. The summed E-state index contributed by atoms with van der Waals surface area (Å²) < 4.78 is 0. The Morgan fingerprint density at radius 2 is 1.93 bits per heavy atom. The molecule has 0 heterocycles. The van der Waals surface area contributed by atoms with Crippen LogP contribution >= 0.6 is 12.4 Å². The fourth-order valence-electron chi connectivity index (χ4n) is 2.71. The van der Waals surface area contributed by atoms with Gasteiger partial charge in [-0.2, -0.15) is 0 Å². The fraction of sp³-hybridized carbons (Fsp3) is 0.750. The molecule has 0 bridgehead atoms. The first-order valence-corrected chi connectivity index (χ1v) is 5.46. The van der Waals surface area contributed by atoms with E-state index in [9.17, 15) is 4.79 Å². The molecule has 0 aliphatic heterocycles. The molecule has 0 aromatic heterocycles. The zero-order valence-corrected chi connectivity index (χ0v) is 10.1. The van der Waals surface area contributed by atoms with Crippen LogP contribution in [-0.4, -0.2) is 11.1 Å². The van der Waals surface area contributed by atoms with E-state index < -0.39 is 5.97 Å². The number of halogens is 1. The lowest BCUT2D eigenvalue weighted by atomic mass is 10.1. The highest BCUT2D eigenvalue weighted by molar-refractivity contribution is 5.85. The summed E-state index contributed by atoms with van der Waals surface area (Å²) in [4.78, 5) is 10.9. The molecule has 0 aromatic carbocycles. The van der Waals surface area contributed by atoms with E-state index in [1.54, 1.807) is 0 Å². The van der Waals surface area contributed by atoms with Crippen molar-refractivity contribution >= 4 is 18.4 Å². The largest absolute Gasteiger partial charge is 0.481 e. The van der Waals surface area contributed by atoms with Gasteiger partial charge in [0.15, 0.2) is 0 Å². The number of carboxylic acid groups (broad SMARTS) is 1. The molecular weight excluding hydrogens is 212 g/mol. The lowest BCUT2D eigenvalue weighted by Gasteiger charge is -1.98. The summed E-state index contributed by atoms with van der Waals surface area (Å²) in [6.07, 6.45) is 7.21. The Bertz CT molecular complexity index is 286. The summed E-state index contributed by atoms with van der Waals surface area (Å²) in [5, 5.41) is 9.00. The molecule has 0 amide bonds. The summed E-state index contributed by atoms with van der Waals surface area (Å²) in [6.45, 7) is 4.12. The smallest absolute Gasteiger partial charge is 0.307 e. The molecule has 2 atom stereocenters. The van der Waals surface area contributed by atoms with Crippen LogP contribution in [0.5, 0.6) is 0 Å². The summed E-state index contributed by atoms with van der Waals surface area (Å²) >= 11 is 0. The molecule has 0 radical (unpaired) electrons. The van der Waals surface area contributed by atoms with Gasteiger partial charge in [0.1, 0.15) is 0 Å². The topological polar surface area (TPSA) is 37.3 Å². The lowest BCUT2D eigenvalue weighted by molar-refractivity contribution is -0.139. The van der Waals surface area contributed by atoms with Gasteiger partial charge in [0.05, 0.1) is 5.92 Å². The minimum Gasteiger partial charge on any atom is -0.481 e. The van der Waals surface area contributed by atoms with Crippen molar-refractivity contribution in [3.8, 4) is 0 Å². The quantitative estimate of drug-likeness (QED) is 0.740. The van der Waals surface area contributed by atoms with Gasteiger partial charge in [-0.3, -0.25) is 4.79 Å². The second-order valence-electron chi connectivity index (χ2n) is 5.20. The maximum atomic E-state index is 10.9. The maximum Gasteiger partial charge on any atom is 0.307 e. The van der Waals surface area contributed by atoms with Crippen molar-refractivity contribution in [2.75, 3.05) is 0 Å². The molecule has 2 aliphatic rings. The summed E-state index contributed by atoms with van der Waals surface area (Å²) in [5.74, 6) is -0.487. The van der Waals surface area contributed by atoms with Crippen molar-refractivity contribution in [2.45, 2.75) is 39.5 Å². The summed E-state index contributed by atoms with van der Waals surface area (Å²) in [5.41, 5.74) is 1.48. The van der Waals surface area contributed by atoms with Gasteiger partial charge >= 0.3 is 5.97 Å². The maximum absolute atomic E-state index is 10.9. The third-order valence-corrected chi connectivity index (χ3v) is 3.84. The van der Waals surface area contributed by atoms with E-state index >= 15 is 0 Å². The van der Waals surface area contributed by atoms with Crippen molar-refractivity contribution in [1.29, 1.82) is 0 Å². The minimum atomic E-state index is -0.630. The van der Waals surface area contributed by atoms with E-state index in [2.05, 4.69) is 19.9 Å². The molecule has 0 saturated heterocycles. The predicted octanol–water partition coefficient (Wildman–Crippen LogP) is 3.27. The molecule has 2 aliphatic carbocycles. The average molecular weight is 231 g/mol. The van der Waals surface area contributed by atoms with Crippen LogP contribution in [0.15, 0.2) is 11.6 Å². The van der Waals surface area contributed by atoms with E-state index in [1.807, 2.05) is 0 Å². The number of allylic oxidation sites excluding steroid dienone is 2. The van der Waals surface area contributed by atoms with Crippen LogP contribution in [0, 0.1) is 17.3 Å². The van der Waals surface area contributed by atoms with Gasteiger partial charge in [-0.05, 0) is 37.0 Å². The monoisotopic (exact) mass is 230 g/mol. The van der Waals surface area contributed by atoms with Crippen LogP contribution in [0.1, 0.15) is 39.5 Å². The molecule has 3 heteroatoms. The Labute approximate surface area is 97.2 Å². The highest BCUT2D eigenvalue weighted by Crippen LogP contribution is 2.59. The highest BCUT2D eigenvalue weighted by Gasteiger charge is 2.60. The molecule has 86 valence electrons. The second-order valence-corrected chi connectivity index (χ2v) is 5.20. The van der Waals surface area contributed by atoms with Gasteiger partial charge in [-0.1, -0.05) is 25.5 Å². The normalized spacial score (nSPS) is 32.0. The van der Waals surface area contributed by atoms with Gasteiger partial charge < -0.3 is 5.11 Å². The first-order valence-electron chi connectivity index (χ1n) is 5.46. The van der Waals surface area contributed by atoms with Gasteiger partial charge in [-0.15, -0.1) is 12.4 Å². The average Bonchev–Trinajstić information content (AvgIpc) is 2.50. The van der Waals surface area contributed by atoms with Crippen LogP contribution < -0.4 is 0 Å². The molecule has 2 nitrogen and oxygen atoms in total. The zero-order valence-electron chi connectivity index (χ0n) is 9.32. The lowest BCUT2D eigenvalue weighted by Crippen LogP contribution is -2.03. The first-order chi connectivity index (χ1) is 6.53. The Hall–Kier alpha value is -0.500. The van der Waals surface area contributed by atoms with Crippen molar-refractivity contribution < 1.29 is 9.90 Å². The molecule has 0 spiro atoms. The molecule has 2 fully saturated rings.